The summed E-state index contributed by atoms with van der Waals surface area (Å²) in [6.07, 6.45) is -7.56. The topological polar surface area (TPSA) is 461 Å². The van der Waals surface area contributed by atoms with E-state index >= 15 is 4.79 Å². The lowest BCUT2D eigenvalue weighted by atomic mass is 9.98. The van der Waals surface area contributed by atoms with E-state index in [-0.39, 0.29) is 68.6 Å². The van der Waals surface area contributed by atoms with Crippen molar-refractivity contribution in [1.29, 1.82) is 0 Å². The second-order valence-corrected chi connectivity index (χ2v) is 25.8. The number of nitrogens with zero attached hydrogens (tertiary/aromatic N) is 5. The molecular weight excluding hydrogens is 1330 g/mol. The number of carbonyl (C=O) groups is 8. The molecule has 4 aliphatic rings. The number of phenols is 1. The number of β-amino-alcohol motifs (C(OH)–C–C–N with tert-alkyl or cyclic N) is 1. The average molecular weight is 1410 g/mol. The third kappa shape index (κ3) is 20.6. The third-order valence-electron chi connectivity index (χ3n) is 17.1. The van der Waals surface area contributed by atoms with Gasteiger partial charge in [-0.1, -0.05) is 65.1 Å². The fourth-order valence-electron chi connectivity index (χ4n) is 11.7. The average Bonchev–Trinajstić information content (AvgIpc) is 1.61. The predicted molar refractivity (Wildman–Crippen MR) is 348 cm³/mol. The normalized spacial score (nSPS) is 24.8. The highest BCUT2D eigenvalue weighted by molar-refractivity contribution is 7.90. The Labute approximate surface area is 572 Å². The number of hydrogen-bond donors (Lipinski definition) is 14. The molecule has 0 unspecified atom stereocenters. The van der Waals surface area contributed by atoms with Gasteiger partial charge in [-0.3, -0.25) is 33.6 Å². The van der Waals surface area contributed by atoms with Gasteiger partial charge < -0.3 is 101 Å². The van der Waals surface area contributed by atoms with Crippen LogP contribution in [0.15, 0.2) is 66.7 Å². The van der Waals surface area contributed by atoms with E-state index in [1.165, 1.54) is 47.4 Å². The number of unbranched alkanes of at least 4 members (excludes halogenated alkanes) is 4. The summed E-state index contributed by atoms with van der Waals surface area (Å²) in [6.45, 7) is 3.02. The molecule has 9 amide bonds. The van der Waals surface area contributed by atoms with Crippen LogP contribution >= 0.6 is 23.7 Å². The fraction of sp³-hybridized carbons (Fsp3) is 0.556. The van der Waals surface area contributed by atoms with Gasteiger partial charge >= 0.3 is 6.03 Å². The molecule has 0 spiro atoms. The van der Waals surface area contributed by atoms with E-state index in [9.17, 15) is 69.3 Å². The first-order chi connectivity index (χ1) is 47.0. The van der Waals surface area contributed by atoms with Crippen molar-refractivity contribution in [2.24, 2.45) is 5.92 Å². The molecule has 1 aromatic heterocycles. The first-order valence-corrected chi connectivity index (χ1v) is 33.6. The molecule has 5 heterocycles. The van der Waals surface area contributed by atoms with Crippen LogP contribution in [-0.4, -0.2) is 259 Å². The van der Waals surface area contributed by atoms with Crippen molar-refractivity contribution in [2.45, 2.75) is 145 Å². The Morgan fingerprint density at radius 1 is 0.755 bits per heavy atom. The summed E-state index contributed by atoms with van der Waals surface area (Å²) in [7, 11) is 1.69. The number of carbonyl (C=O) groups excluding carboxylic acids is 8. The lowest BCUT2D eigenvalue weighted by Gasteiger charge is -2.34. The van der Waals surface area contributed by atoms with Crippen LogP contribution in [0.3, 0.4) is 0 Å². The van der Waals surface area contributed by atoms with E-state index in [4.69, 9.17) is 23.7 Å². The zero-order valence-corrected chi connectivity index (χ0v) is 55.8. The quantitative estimate of drug-likeness (QED) is 0.0169. The molecule has 13 atom stereocenters. The molecule has 0 bridgehead atoms. The Balaban J connectivity index is 1.06. The maximum atomic E-state index is 15.1. The molecule has 3 aromatic carbocycles. The summed E-state index contributed by atoms with van der Waals surface area (Å²) < 4.78 is 25.8. The van der Waals surface area contributed by atoms with Crippen molar-refractivity contribution < 1.29 is 107 Å². The number of aliphatic hydroxyl groups is 6. The van der Waals surface area contributed by atoms with Crippen molar-refractivity contribution in [2.75, 3.05) is 72.8 Å². The molecule has 4 saturated heterocycles. The van der Waals surface area contributed by atoms with Crippen LogP contribution in [0.5, 0.6) is 17.2 Å². The van der Waals surface area contributed by atoms with Crippen molar-refractivity contribution in [3.8, 4) is 38.4 Å². The summed E-state index contributed by atoms with van der Waals surface area (Å²) >= 11 is 1.36. The molecule has 0 radical (unpaired) electrons. The lowest BCUT2D eigenvalue weighted by molar-refractivity contribution is -0.433. The van der Waals surface area contributed by atoms with Crippen molar-refractivity contribution in [3.05, 3.63) is 77.9 Å². The SMILES string of the molecule is COCCCCCCCOc1ccc(-c2nnc(-c3ccc(C(=O)N[C@H]4C[C@H](O)CNC(=O)[C@@H]5[C@@H](O)[C@H](C)CN5C(=O)[C@H]([C@H](O)CCNC(=O)N5CCOCC5)NC(=O)[C@H]([C@H](O)Cc5ccc(O)c(OSOOO)c5)NC(=O)[C@@H]5C[C@@H](O)CN5C(=O)[C@H]([C@H](C)O)NC4=O)cc3)s2)cc1. The van der Waals surface area contributed by atoms with Crippen LogP contribution in [0.25, 0.3) is 21.1 Å². The minimum atomic E-state index is -2.17. The molecule has 98 heavy (non-hydrogen) atoms. The number of morpholine rings is 1. The lowest BCUT2D eigenvalue weighted by Crippen LogP contribution is -2.64. The standard InChI is InChI=1S/C63H85N11O22S2/c1-34-32-74-52(53(34)81)58(86)65-31-40(76)29-43(66-54(82)37-10-12-38(13-11-37)59-70-71-60(97-59)39-14-16-42(17-15-39)93-24-8-6-4-5-7-23-91-3)55(83)67-49(35(2)75)61(87)73-33-41(77)30-44(73)56(84)68-50(47(80)27-36-9-18-45(78)48(28-36)94-98-96-95-90)57(85)69-51(62(74)88)46(79)19-20-64-63(89)72-21-25-92-26-22-72/h9-18,28,34-35,40-41,43-44,46-47,49-53,75-81,90H,4-8,19-27,29-33H2,1-3H3,(H,64,89)(H,65,86)(H,66,82)(H,67,83)(H,68,84)(H,69,85)/t34-,35+,40+,41-,43+,44+,46-,47-,49+,50+,51+,52+,53+/m1/s1. The Morgan fingerprint density at radius 3 is 2.07 bits per heavy atom. The van der Waals surface area contributed by atoms with Gasteiger partial charge in [-0.05, 0) is 80.3 Å². The van der Waals surface area contributed by atoms with Crippen LogP contribution < -0.4 is 40.8 Å². The molecule has 33 nitrogen and oxygen atoms in total. The summed E-state index contributed by atoms with van der Waals surface area (Å²) in [5.74, 6) is -8.92. The highest BCUT2D eigenvalue weighted by Gasteiger charge is 2.50. The predicted octanol–water partition coefficient (Wildman–Crippen LogP) is -0.703. The summed E-state index contributed by atoms with van der Waals surface area (Å²) in [6, 6.07) is 5.09. The highest BCUT2D eigenvalue weighted by Crippen LogP contribution is 2.33. The van der Waals surface area contributed by atoms with E-state index in [1.54, 1.807) is 19.2 Å². The minimum Gasteiger partial charge on any atom is -0.504 e. The molecule has 4 aromatic rings. The van der Waals surface area contributed by atoms with Crippen LogP contribution in [-0.2, 0) is 54.0 Å². The number of hydrogen-bond acceptors (Lipinski definition) is 26. The van der Waals surface area contributed by atoms with E-state index in [1.807, 2.05) is 24.3 Å². The third-order valence-corrected chi connectivity index (χ3v) is 18.5. The number of phenolic OH excluding ortho intramolecular Hbond substituents is 1. The van der Waals surface area contributed by atoms with Gasteiger partial charge in [0.05, 0.1) is 56.4 Å². The number of benzene rings is 3. The maximum Gasteiger partial charge on any atom is 0.317 e. The van der Waals surface area contributed by atoms with Gasteiger partial charge in [0, 0.05) is 94.9 Å². The van der Waals surface area contributed by atoms with Crippen molar-refractivity contribution in [1.82, 2.24) is 56.8 Å². The number of amides is 9. The van der Waals surface area contributed by atoms with Gasteiger partial charge in [-0.2, -0.15) is 0 Å². The van der Waals surface area contributed by atoms with Crippen LogP contribution in [0.2, 0.25) is 0 Å². The van der Waals surface area contributed by atoms with Crippen molar-refractivity contribution in [3.63, 3.8) is 0 Å². The maximum absolute atomic E-state index is 15.1. The zero-order chi connectivity index (χ0) is 70.6. The van der Waals surface area contributed by atoms with Gasteiger partial charge in [0.2, 0.25) is 35.4 Å². The van der Waals surface area contributed by atoms with Gasteiger partial charge in [-0.25, -0.2) is 10.1 Å². The molecule has 8 rings (SSSR count). The molecule has 35 heteroatoms. The molecule has 0 aliphatic carbocycles. The van der Waals surface area contributed by atoms with Gasteiger partial charge in [0.15, 0.2) is 11.5 Å². The number of aromatic nitrogens is 2. The minimum absolute atomic E-state index is 0.00801. The van der Waals surface area contributed by atoms with Gasteiger partial charge in [0.1, 0.15) is 52.0 Å². The number of methoxy groups -OCH3 is 1. The smallest absolute Gasteiger partial charge is 0.317 e. The Hall–Kier alpha value is -7.91. The number of fused-ring (bicyclic) bond motifs is 2. The summed E-state index contributed by atoms with van der Waals surface area (Å²) in [5.41, 5.74) is 1.49. The molecule has 4 fully saturated rings. The molecule has 536 valence electrons. The van der Waals surface area contributed by atoms with Crippen LogP contribution in [0.1, 0.15) is 81.1 Å². The Bertz CT molecular complexity index is 3330. The number of rotatable bonds is 25. The number of urea groups is 1. The molecule has 0 saturated carbocycles. The van der Waals surface area contributed by atoms with Crippen LogP contribution in [0, 0.1) is 5.92 Å². The van der Waals surface area contributed by atoms with Gasteiger partial charge in [-0.15, -0.1) is 10.2 Å². The monoisotopic (exact) mass is 1410 g/mol. The van der Waals surface area contributed by atoms with E-state index in [0.717, 1.165) is 67.1 Å². The fourth-order valence-corrected chi connectivity index (χ4v) is 12.8. The van der Waals surface area contributed by atoms with Crippen LogP contribution in [0.4, 0.5) is 4.79 Å². The first kappa shape index (κ1) is 75.9. The van der Waals surface area contributed by atoms with E-state index in [2.05, 4.69) is 51.5 Å². The summed E-state index contributed by atoms with van der Waals surface area (Å²) in [5, 5.41) is 117. The Kier molecular flexibility index (Phi) is 28.5. The number of ether oxygens (including phenoxy) is 3. The van der Waals surface area contributed by atoms with Gasteiger partial charge in [0.25, 0.3) is 18.2 Å². The van der Waals surface area contributed by atoms with Crippen molar-refractivity contribution >= 4 is 71.0 Å². The summed E-state index contributed by atoms with van der Waals surface area (Å²) in [4.78, 5) is 119. The first-order valence-electron chi connectivity index (χ1n) is 32.1. The number of nitrogens with one attached hydrogen (secondary N) is 6. The molecule has 14 N–H and O–H groups in total. The number of aromatic hydroxyl groups is 1. The highest BCUT2D eigenvalue weighted by atomic mass is 32.2. The Morgan fingerprint density at radius 2 is 1.40 bits per heavy atom. The van der Waals surface area contributed by atoms with E-state index in [0.29, 0.717) is 27.9 Å². The molecule has 4 aliphatic heterocycles. The zero-order valence-electron chi connectivity index (χ0n) is 54.1. The number of aliphatic hydroxyl groups excluding tert-OH is 6. The molecular formula is C63H85N11O22S2. The van der Waals surface area contributed by atoms with E-state index < -0.39 is 171 Å². The second-order valence-electron chi connectivity index (χ2n) is 24.3. The second kappa shape index (κ2) is 36.8. The largest absolute Gasteiger partial charge is 0.504 e.